The van der Waals surface area contributed by atoms with Crippen molar-refractivity contribution < 1.29 is 9.53 Å². The van der Waals surface area contributed by atoms with Crippen LogP contribution >= 0.6 is 0 Å². The summed E-state index contributed by atoms with van der Waals surface area (Å²) in [6.45, 7) is 1.46. The standard InChI is InChI=1S/C12H22N2O2/c1-16-12(5-3-6-12)8-11(15)14-7-2-4-10(14)9-13/h10H,2-9,13H2,1H3. The van der Waals surface area contributed by atoms with E-state index >= 15 is 0 Å². The molecule has 2 rings (SSSR count). The Labute approximate surface area is 97.1 Å². The van der Waals surface area contributed by atoms with E-state index in [-0.39, 0.29) is 17.6 Å². The van der Waals surface area contributed by atoms with Crippen molar-refractivity contribution in [1.82, 2.24) is 4.90 Å². The van der Waals surface area contributed by atoms with Crippen LogP contribution in [-0.4, -0.2) is 42.6 Å². The molecule has 1 aliphatic carbocycles. The van der Waals surface area contributed by atoms with Crippen molar-refractivity contribution >= 4 is 5.91 Å². The van der Waals surface area contributed by atoms with E-state index < -0.39 is 0 Å². The molecule has 1 atom stereocenters. The number of carbonyl (C=O) groups excluding carboxylic acids is 1. The van der Waals surface area contributed by atoms with Gasteiger partial charge in [0, 0.05) is 26.2 Å². The summed E-state index contributed by atoms with van der Waals surface area (Å²) in [5, 5.41) is 0. The third-order valence-electron chi connectivity index (χ3n) is 4.14. The second-order valence-corrected chi connectivity index (χ2v) is 5.04. The lowest BCUT2D eigenvalue weighted by Gasteiger charge is -2.41. The van der Waals surface area contributed by atoms with Gasteiger partial charge in [-0.3, -0.25) is 4.79 Å². The van der Waals surface area contributed by atoms with Gasteiger partial charge in [0.05, 0.1) is 12.0 Å². The van der Waals surface area contributed by atoms with E-state index in [9.17, 15) is 4.79 Å². The number of ether oxygens (including phenoxy) is 1. The smallest absolute Gasteiger partial charge is 0.225 e. The Morgan fingerprint density at radius 3 is 2.75 bits per heavy atom. The fourth-order valence-electron chi connectivity index (χ4n) is 2.81. The summed E-state index contributed by atoms with van der Waals surface area (Å²) in [6, 6.07) is 0.265. The van der Waals surface area contributed by atoms with Crippen molar-refractivity contribution in [3.63, 3.8) is 0 Å². The molecule has 0 aromatic carbocycles. The minimum absolute atomic E-state index is 0.154. The molecule has 0 aromatic heterocycles. The fourth-order valence-corrected chi connectivity index (χ4v) is 2.81. The second-order valence-electron chi connectivity index (χ2n) is 5.04. The van der Waals surface area contributed by atoms with Gasteiger partial charge in [0.25, 0.3) is 0 Å². The zero-order valence-electron chi connectivity index (χ0n) is 10.1. The highest BCUT2D eigenvalue weighted by molar-refractivity contribution is 5.78. The number of hydrogen-bond acceptors (Lipinski definition) is 3. The van der Waals surface area contributed by atoms with Crippen LogP contribution in [-0.2, 0) is 9.53 Å². The van der Waals surface area contributed by atoms with Gasteiger partial charge in [-0.05, 0) is 32.1 Å². The minimum atomic E-state index is -0.154. The summed E-state index contributed by atoms with van der Waals surface area (Å²) in [6.07, 6.45) is 5.92. The molecule has 2 fully saturated rings. The molecule has 4 nitrogen and oxygen atoms in total. The van der Waals surface area contributed by atoms with Gasteiger partial charge < -0.3 is 15.4 Å². The molecule has 1 amide bonds. The summed E-state index contributed by atoms with van der Waals surface area (Å²) < 4.78 is 5.49. The zero-order chi connectivity index (χ0) is 11.6. The number of carbonyl (C=O) groups is 1. The average Bonchev–Trinajstić information content (AvgIpc) is 2.71. The lowest BCUT2D eigenvalue weighted by Crippen LogP contribution is -2.47. The van der Waals surface area contributed by atoms with Crippen molar-refractivity contribution in [3.8, 4) is 0 Å². The van der Waals surface area contributed by atoms with Gasteiger partial charge in [-0.2, -0.15) is 0 Å². The Kier molecular flexibility index (Phi) is 3.50. The molecule has 0 aromatic rings. The molecule has 1 unspecified atom stereocenters. The lowest BCUT2D eigenvalue weighted by atomic mass is 9.77. The van der Waals surface area contributed by atoms with Crippen LogP contribution in [0.3, 0.4) is 0 Å². The summed E-state index contributed by atoms with van der Waals surface area (Å²) >= 11 is 0. The Morgan fingerprint density at radius 2 is 2.25 bits per heavy atom. The third-order valence-corrected chi connectivity index (χ3v) is 4.14. The molecule has 0 bridgehead atoms. The molecule has 1 saturated carbocycles. The number of hydrogen-bond donors (Lipinski definition) is 1. The highest BCUT2D eigenvalue weighted by Crippen LogP contribution is 2.38. The molecule has 1 heterocycles. The number of rotatable bonds is 4. The highest BCUT2D eigenvalue weighted by Gasteiger charge is 2.41. The summed E-state index contributed by atoms with van der Waals surface area (Å²) in [4.78, 5) is 14.1. The van der Waals surface area contributed by atoms with E-state index in [2.05, 4.69) is 0 Å². The molecule has 4 heteroatoms. The van der Waals surface area contributed by atoms with Gasteiger partial charge in [0.15, 0.2) is 0 Å². The Morgan fingerprint density at radius 1 is 1.50 bits per heavy atom. The Hall–Kier alpha value is -0.610. The van der Waals surface area contributed by atoms with Gasteiger partial charge in [0.1, 0.15) is 0 Å². The maximum Gasteiger partial charge on any atom is 0.225 e. The molecular weight excluding hydrogens is 204 g/mol. The van der Waals surface area contributed by atoms with Crippen LogP contribution in [0.2, 0.25) is 0 Å². The van der Waals surface area contributed by atoms with E-state index in [0.29, 0.717) is 13.0 Å². The predicted octanol–water partition coefficient (Wildman–Crippen LogP) is 0.895. The van der Waals surface area contributed by atoms with Crippen LogP contribution in [0.4, 0.5) is 0 Å². The first-order valence-corrected chi connectivity index (χ1v) is 6.25. The van der Waals surface area contributed by atoms with Crippen LogP contribution in [0.1, 0.15) is 38.5 Å². The molecule has 92 valence electrons. The summed E-state index contributed by atoms with van der Waals surface area (Å²) in [5.74, 6) is 0.231. The largest absolute Gasteiger partial charge is 0.378 e. The van der Waals surface area contributed by atoms with Crippen molar-refractivity contribution in [2.24, 2.45) is 5.73 Å². The van der Waals surface area contributed by atoms with E-state index in [1.165, 1.54) is 6.42 Å². The van der Waals surface area contributed by atoms with Crippen LogP contribution in [0.25, 0.3) is 0 Å². The van der Waals surface area contributed by atoms with Crippen molar-refractivity contribution in [2.75, 3.05) is 20.2 Å². The van der Waals surface area contributed by atoms with E-state index in [1.54, 1.807) is 7.11 Å². The number of likely N-dealkylation sites (tertiary alicyclic amines) is 1. The highest BCUT2D eigenvalue weighted by atomic mass is 16.5. The van der Waals surface area contributed by atoms with Crippen LogP contribution in [0, 0.1) is 0 Å². The molecular formula is C12H22N2O2. The van der Waals surface area contributed by atoms with Crippen LogP contribution in [0.15, 0.2) is 0 Å². The van der Waals surface area contributed by atoms with E-state index in [1.807, 2.05) is 4.90 Å². The zero-order valence-corrected chi connectivity index (χ0v) is 10.1. The SMILES string of the molecule is COC1(CC(=O)N2CCCC2CN)CCC1. The number of methoxy groups -OCH3 is 1. The van der Waals surface area contributed by atoms with Crippen molar-refractivity contribution in [2.45, 2.75) is 50.2 Å². The molecule has 2 N–H and O–H groups in total. The topological polar surface area (TPSA) is 55.6 Å². The number of amides is 1. The predicted molar refractivity (Wildman–Crippen MR) is 62.0 cm³/mol. The molecule has 16 heavy (non-hydrogen) atoms. The maximum absolute atomic E-state index is 12.2. The normalized spacial score (nSPS) is 27.9. The van der Waals surface area contributed by atoms with Gasteiger partial charge in [-0.25, -0.2) is 0 Å². The van der Waals surface area contributed by atoms with Gasteiger partial charge >= 0.3 is 0 Å². The van der Waals surface area contributed by atoms with Gasteiger partial charge in [0.2, 0.25) is 5.91 Å². The first-order valence-electron chi connectivity index (χ1n) is 6.25. The molecule has 0 spiro atoms. The van der Waals surface area contributed by atoms with Crippen LogP contribution in [0.5, 0.6) is 0 Å². The monoisotopic (exact) mass is 226 g/mol. The fraction of sp³-hybridized carbons (Fsp3) is 0.917. The van der Waals surface area contributed by atoms with Crippen molar-refractivity contribution in [1.29, 1.82) is 0 Å². The van der Waals surface area contributed by atoms with Crippen molar-refractivity contribution in [3.05, 3.63) is 0 Å². The molecule has 1 aliphatic heterocycles. The van der Waals surface area contributed by atoms with E-state index in [0.717, 1.165) is 32.2 Å². The Balaban J connectivity index is 1.92. The first kappa shape index (κ1) is 11.9. The summed E-state index contributed by atoms with van der Waals surface area (Å²) in [5.41, 5.74) is 5.53. The number of nitrogens with zero attached hydrogens (tertiary/aromatic N) is 1. The molecule has 0 radical (unpaired) electrons. The summed E-state index contributed by atoms with van der Waals surface area (Å²) in [7, 11) is 1.72. The average molecular weight is 226 g/mol. The number of nitrogens with two attached hydrogens (primary N) is 1. The second kappa shape index (κ2) is 4.72. The quantitative estimate of drug-likeness (QED) is 0.774. The van der Waals surface area contributed by atoms with Gasteiger partial charge in [-0.1, -0.05) is 0 Å². The third kappa shape index (κ3) is 2.09. The maximum atomic E-state index is 12.2. The van der Waals surface area contributed by atoms with Crippen LogP contribution < -0.4 is 5.73 Å². The Bertz CT molecular complexity index is 258. The first-order chi connectivity index (χ1) is 7.71. The minimum Gasteiger partial charge on any atom is -0.378 e. The molecule has 2 aliphatic rings. The molecule has 1 saturated heterocycles. The van der Waals surface area contributed by atoms with Gasteiger partial charge in [-0.15, -0.1) is 0 Å². The van der Waals surface area contributed by atoms with E-state index in [4.69, 9.17) is 10.5 Å². The lowest BCUT2D eigenvalue weighted by molar-refractivity contribution is -0.144.